The second-order valence-electron chi connectivity index (χ2n) is 2.43. The zero-order valence-electron chi connectivity index (χ0n) is 6.11. The fourth-order valence-electron chi connectivity index (χ4n) is 1.03. The Kier molecular flexibility index (Phi) is 2.85. The topological polar surface area (TPSA) is 119 Å². The van der Waals surface area contributed by atoms with Gasteiger partial charge in [-0.15, -0.1) is 0 Å². The predicted molar refractivity (Wildman–Crippen MR) is 36.9 cm³/mol. The Morgan fingerprint density at radius 2 is 2.08 bits per heavy atom. The summed E-state index contributed by atoms with van der Waals surface area (Å²) in [5.41, 5.74) is 8.01. The highest BCUT2D eigenvalue weighted by atomic mass is 16.6. The largest absolute Gasteiger partial charge is 0.394 e. The van der Waals surface area contributed by atoms with Gasteiger partial charge in [0.25, 0.3) is 0 Å². The average Bonchev–Trinajstić information content (AvgIpc) is 2.33. The van der Waals surface area contributed by atoms with E-state index in [0.29, 0.717) is 0 Å². The smallest absolute Gasteiger partial charge is 0.165 e. The molecule has 0 aromatic carbocycles. The summed E-state index contributed by atoms with van der Waals surface area (Å²) < 4.78 is 4.81. The predicted octanol–water partition coefficient (Wildman–Crippen LogP) is -1.26. The van der Waals surface area contributed by atoms with Crippen LogP contribution in [0, 0.1) is 0 Å². The van der Waals surface area contributed by atoms with E-state index in [1.54, 1.807) is 0 Å². The van der Waals surface area contributed by atoms with Crippen molar-refractivity contribution < 1.29 is 20.1 Å². The highest BCUT2D eigenvalue weighted by Gasteiger charge is 2.41. The lowest BCUT2D eigenvalue weighted by atomic mass is 10.1. The Bertz CT molecular complexity index is 205. The number of rotatable bonds is 2. The van der Waals surface area contributed by atoms with E-state index in [-0.39, 0.29) is 0 Å². The molecule has 1 aliphatic rings. The molecule has 1 rings (SSSR count). The molecule has 1 aliphatic heterocycles. The van der Waals surface area contributed by atoms with Crippen molar-refractivity contribution >= 4 is 0 Å². The Morgan fingerprint density at radius 1 is 1.42 bits per heavy atom. The SMILES string of the molecule is [N-]=[N+]=N[C@H]1O[C@@H](CO)[C@H](O)[C@H]1O. The van der Waals surface area contributed by atoms with Gasteiger partial charge in [0, 0.05) is 4.91 Å². The minimum atomic E-state index is -1.27. The van der Waals surface area contributed by atoms with Gasteiger partial charge >= 0.3 is 0 Å². The van der Waals surface area contributed by atoms with E-state index < -0.39 is 31.1 Å². The normalized spacial score (nSPS) is 40.9. The maximum atomic E-state index is 9.14. The molecule has 0 aliphatic carbocycles. The first kappa shape index (κ1) is 9.24. The van der Waals surface area contributed by atoms with Crippen molar-refractivity contribution in [3.05, 3.63) is 10.4 Å². The average molecular weight is 175 g/mol. The minimum Gasteiger partial charge on any atom is -0.394 e. The number of ether oxygens (including phenoxy) is 1. The van der Waals surface area contributed by atoms with Gasteiger partial charge in [-0.05, 0) is 5.53 Å². The first-order valence-corrected chi connectivity index (χ1v) is 3.37. The monoisotopic (exact) mass is 175 g/mol. The van der Waals surface area contributed by atoms with Crippen molar-refractivity contribution in [2.45, 2.75) is 24.5 Å². The Balaban J connectivity index is 2.66. The van der Waals surface area contributed by atoms with Crippen LogP contribution in [0.15, 0.2) is 5.11 Å². The molecule has 4 atom stereocenters. The standard InChI is InChI=1S/C5H9N3O4/c6-8-7-5-4(11)3(10)2(1-9)12-5/h2-5,9-11H,1H2/t2-,3-,4+,5-/m0/s1. The Hall–Kier alpha value is -0.850. The first-order valence-electron chi connectivity index (χ1n) is 3.37. The van der Waals surface area contributed by atoms with E-state index in [0.717, 1.165) is 0 Å². The maximum absolute atomic E-state index is 9.14. The van der Waals surface area contributed by atoms with Gasteiger partial charge in [-0.2, -0.15) is 0 Å². The van der Waals surface area contributed by atoms with Crippen LogP contribution in [-0.4, -0.2) is 46.5 Å². The summed E-state index contributed by atoms with van der Waals surface area (Å²) in [6.45, 7) is -0.421. The Labute approximate surface area is 67.8 Å². The van der Waals surface area contributed by atoms with Gasteiger partial charge in [0.05, 0.1) is 6.61 Å². The molecule has 1 fully saturated rings. The second-order valence-corrected chi connectivity index (χ2v) is 2.43. The van der Waals surface area contributed by atoms with Crippen molar-refractivity contribution in [1.29, 1.82) is 0 Å². The van der Waals surface area contributed by atoms with Crippen molar-refractivity contribution in [2.75, 3.05) is 6.61 Å². The molecule has 0 amide bonds. The highest BCUT2D eigenvalue weighted by molar-refractivity contribution is 4.88. The second kappa shape index (κ2) is 3.70. The molecule has 1 saturated heterocycles. The summed E-state index contributed by atoms with van der Waals surface area (Å²) in [5, 5.41) is 30.0. The summed E-state index contributed by atoms with van der Waals surface area (Å²) >= 11 is 0. The molecule has 3 N–H and O–H groups in total. The van der Waals surface area contributed by atoms with Crippen LogP contribution in [0.3, 0.4) is 0 Å². The van der Waals surface area contributed by atoms with Gasteiger partial charge in [-0.1, -0.05) is 5.11 Å². The maximum Gasteiger partial charge on any atom is 0.165 e. The molecule has 7 heteroatoms. The lowest BCUT2D eigenvalue weighted by Gasteiger charge is -2.10. The molecule has 0 saturated carbocycles. The first-order chi connectivity index (χ1) is 5.70. The summed E-state index contributed by atoms with van der Waals surface area (Å²) in [6, 6.07) is 0. The van der Waals surface area contributed by atoms with Crippen LogP contribution in [0.2, 0.25) is 0 Å². The third-order valence-electron chi connectivity index (χ3n) is 1.68. The molecule has 0 aromatic rings. The zero-order chi connectivity index (χ0) is 9.14. The van der Waals surface area contributed by atoms with E-state index >= 15 is 0 Å². The number of azide groups is 1. The summed E-state index contributed by atoms with van der Waals surface area (Å²) in [5.74, 6) is 0. The van der Waals surface area contributed by atoms with Gasteiger partial charge in [0.15, 0.2) is 6.23 Å². The van der Waals surface area contributed by atoms with Crippen LogP contribution in [0.1, 0.15) is 0 Å². The Morgan fingerprint density at radius 3 is 2.50 bits per heavy atom. The quantitative estimate of drug-likeness (QED) is 0.275. The van der Waals surface area contributed by atoms with Crippen LogP contribution in [0.4, 0.5) is 0 Å². The molecular formula is C5H9N3O4. The van der Waals surface area contributed by atoms with Crippen molar-refractivity contribution in [3.8, 4) is 0 Å². The molecule has 0 radical (unpaired) electrons. The zero-order valence-corrected chi connectivity index (χ0v) is 6.11. The van der Waals surface area contributed by atoms with Crippen LogP contribution in [0.25, 0.3) is 10.4 Å². The van der Waals surface area contributed by atoms with Crippen molar-refractivity contribution in [1.82, 2.24) is 0 Å². The van der Waals surface area contributed by atoms with Crippen molar-refractivity contribution in [2.24, 2.45) is 5.11 Å². The molecule has 0 unspecified atom stereocenters. The van der Waals surface area contributed by atoms with E-state index in [2.05, 4.69) is 10.0 Å². The fourth-order valence-corrected chi connectivity index (χ4v) is 1.03. The summed E-state index contributed by atoms with van der Waals surface area (Å²) in [6.07, 6.45) is -4.46. The van der Waals surface area contributed by atoms with Crippen LogP contribution in [-0.2, 0) is 4.74 Å². The lowest BCUT2D eigenvalue weighted by molar-refractivity contribution is -0.0198. The third-order valence-corrected chi connectivity index (χ3v) is 1.68. The number of aliphatic hydroxyl groups excluding tert-OH is 3. The molecule has 12 heavy (non-hydrogen) atoms. The molecule has 68 valence electrons. The van der Waals surface area contributed by atoms with E-state index in [9.17, 15) is 0 Å². The molecule has 1 heterocycles. The van der Waals surface area contributed by atoms with Gasteiger partial charge in [0.2, 0.25) is 0 Å². The summed E-state index contributed by atoms with van der Waals surface area (Å²) in [7, 11) is 0. The van der Waals surface area contributed by atoms with Gasteiger partial charge in [-0.3, -0.25) is 0 Å². The molecule has 0 aromatic heterocycles. The third kappa shape index (κ3) is 1.50. The number of hydrogen-bond donors (Lipinski definition) is 3. The van der Waals surface area contributed by atoms with E-state index in [1.165, 1.54) is 0 Å². The lowest BCUT2D eigenvalue weighted by Crippen LogP contribution is -2.33. The van der Waals surface area contributed by atoms with Crippen molar-refractivity contribution in [3.63, 3.8) is 0 Å². The van der Waals surface area contributed by atoms with Crippen LogP contribution < -0.4 is 0 Å². The van der Waals surface area contributed by atoms with E-state index in [1.807, 2.05) is 0 Å². The summed E-state index contributed by atoms with van der Waals surface area (Å²) in [4.78, 5) is 2.42. The van der Waals surface area contributed by atoms with Crippen LogP contribution >= 0.6 is 0 Å². The van der Waals surface area contributed by atoms with Gasteiger partial charge in [0.1, 0.15) is 18.3 Å². The minimum absolute atomic E-state index is 0.421. The molecule has 0 bridgehead atoms. The number of nitrogens with zero attached hydrogens (tertiary/aromatic N) is 3. The number of aliphatic hydroxyl groups is 3. The highest BCUT2D eigenvalue weighted by Crippen LogP contribution is 2.21. The number of hydrogen-bond acceptors (Lipinski definition) is 5. The molecule has 0 spiro atoms. The van der Waals surface area contributed by atoms with Crippen LogP contribution in [0.5, 0.6) is 0 Å². The molecular weight excluding hydrogens is 166 g/mol. The molecule has 7 nitrogen and oxygen atoms in total. The van der Waals surface area contributed by atoms with Gasteiger partial charge in [-0.25, -0.2) is 0 Å². The van der Waals surface area contributed by atoms with E-state index in [4.69, 9.17) is 25.6 Å². The fraction of sp³-hybridized carbons (Fsp3) is 1.00. The van der Waals surface area contributed by atoms with Gasteiger partial charge < -0.3 is 20.1 Å².